The zero-order chi connectivity index (χ0) is 13.2. The summed E-state index contributed by atoms with van der Waals surface area (Å²) < 4.78 is 5.58. The lowest BCUT2D eigenvalue weighted by Gasteiger charge is -2.18. The summed E-state index contributed by atoms with van der Waals surface area (Å²) in [5, 5.41) is 2.86. The van der Waals surface area contributed by atoms with Crippen LogP contribution in [-0.4, -0.2) is 19.1 Å². The average molecular weight is 324 g/mol. The van der Waals surface area contributed by atoms with Gasteiger partial charge < -0.3 is 10.1 Å². The van der Waals surface area contributed by atoms with E-state index in [1.165, 1.54) is 31.2 Å². The van der Waals surface area contributed by atoms with E-state index >= 15 is 0 Å². The van der Waals surface area contributed by atoms with Gasteiger partial charge in [0.1, 0.15) is 12.4 Å². The first kappa shape index (κ1) is 13.0. The summed E-state index contributed by atoms with van der Waals surface area (Å²) in [5.74, 6) is 1.36. The van der Waals surface area contributed by atoms with Gasteiger partial charge in [-0.3, -0.25) is 4.79 Å². The highest BCUT2D eigenvalue weighted by Gasteiger charge is 2.26. The first-order valence-corrected chi connectivity index (χ1v) is 7.86. The van der Waals surface area contributed by atoms with E-state index in [4.69, 9.17) is 4.74 Å². The number of carbonyl (C=O) groups is 1. The topological polar surface area (TPSA) is 38.3 Å². The van der Waals surface area contributed by atoms with Gasteiger partial charge in [-0.2, -0.15) is 0 Å². The van der Waals surface area contributed by atoms with Crippen LogP contribution in [0.5, 0.6) is 5.75 Å². The summed E-state index contributed by atoms with van der Waals surface area (Å²) in [6.07, 6.45) is 5.19. The minimum atomic E-state index is -0.0273. The van der Waals surface area contributed by atoms with Crippen molar-refractivity contribution in [1.29, 1.82) is 0 Å². The van der Waals surface area contributed by atoms with Gasteiger partial charge in [0.2, 0.25) is 0 Å². The number of benzene rings is 1. The number of hydrogen-bond donors (Lipinski definition) is 1. The Labute approximate surface area is 121 Å². The van der Waals surface area contributed by atoms with Crippen molar-refractivity contribution in [3.63, 3.8) is 0 Å². The van der Waals surface area contributed by atoms with Crippen LogP contribution in [0.2, 0.25) is 0 Å². The van der Waals surface area contributed by atoms with Crippen LogP contribution in [0.1, 0.15) is 46.4 Å². The summed E-state index contributed by atoms with van der Waals surface area (Å²) in [7, 11) is 0. The summed E-state index contributed by atoms with van der Waals surface area (Å²) >= 11 is 3.81. The van der Waals surface area contributed by atoms with Gasteiger partial charge in [0.05, 0.1) is 12.1 Å². The molecule has 2 aliphatic rings. The quantitative estimate of drug-likeness (QED) is 0.847. The highest BCUT2D eigenvalue weighted by atomic mass is 79.9. The van der Waals surface area contributed by atoms with Gasteiger partial charge >= 0.3 is 0 Å². The molecule has 4 heteroatoms. The Morgan fingerprint density at radius 3 is 2.89 bits per heavy atom. The molecule has 1 fully saturated rings. The molecule has 0 radical (unpaired) electrons. The molecule has 1 N–H and O–H groups in total. The molecule has 3 rings (SSSR count). The lowest BCUT2D eigenvalue weighted by Crippen LogP contribution is -2.24. The van der Waals surface area contributed by atoms with Crippen molar-refractivity contribution < 1.29 is 9.53 Å². The monoisotopic (exact) mass is 323 g/mol. The molecule has 19 heavy (non-hydrogen) atoms. The Kier molecular flexibility index (Phi) is 3.78. The van der Waals surface area contributed by atoms with Crippen LogP contribution in [0.25, 0.3) is 0 Å². The second kappa shape index (κ2) is 5.53. The van der Waals surface area contributed by atoms with E-state index in [1.807, 2.05) is 12.1 Å². The zero-order valence-electron chi connectivity index (χ0n) is 10.8. The Morgan fingerprint density at radius 1 is 1.32 bits per heavy atom. The predicted molar refractivity (Wildman–Crippen MR) is 77.9 cm³/mol. The van der Waals surface area contributed by atoms with Crippen molar-refractivity contribution in [2.45, 2.75) is 30.5 Å². The SMILES string of the molecule is O=C1NCCOc2ccc(C(Br)C3CCCC3)cc21. The normalized spacial score (nSPS) is 21.2. The number of nitrogens with one attached hydrogen (secondary N) is 1. The fourth-order valence-electron chi connectivity index (χ4n) is 2.97. The fraction of sp³-hybridized carbons (Fsp3) is 0.533. The maximum atomic E-state index is 12.0. The van der Waals surface area contributed by atoms with Crippen LogP contribution in [0, 0.1) is 5.92 Å². The molecular weight excluding hydrogens is 306 g/mol. The summed E-state index contributed by atoms with van der Waals surface area (Å²) in [4.78, 5) is 12.3. The second-order valence-corrected chi connectivity index (χ2v) is 6.29. The molecule has 1 aromatic carbocycles. The molecule has 0 bridgehead atoms. The Hall–Kier alpha value is -1.03. The standard InChI is InChI=1S/C15H18BrNO2/c16-14(10-3-1-2-4-10)11-5-6-13-12(9-11)15(18)17-7-8-19-13/h5-6,9-10,14H,1-4,7-8H2,(H,17,18). The number of fused-ring (bicyclic) bond motifs is 1. The molecular formula is C15H18BrNO2. The third-order valence-electron chi connectivity index (χ3n) is 4.03. The molecule has 3 nitrogen and oxygen atoms in total. The molecule has 1 aromatic rings. The molecule has 0 spiro atoms. The smallest absolute Gasteiger partial charge is 0.255 e. The van der Waals surface area contributed by atoms with Crippen LogP contribution in [0.3, 0.4) is 0 Å². The Bertz CT molecular complexity index is 483. The first-order valence-electron chi connectivity index (χ1n) is 6.95. The van der Waals surface area contributed by atoms with Gasteiger partial charge in [-0.25, -0.2) is 0 Å². The van der Waals surface area contributed by atoms with E-state index in [9.17, 15) is 4.79 Å². The summed E-state index contributed by atoms with van der Waals surface area (Å²) in [5.41, 5.74) is 1.85. The number of halogens is 1. The number of hydrogen-bond acceptors (Lipinski definition) is 2. The average Bonchev–Trinajstić information content (AvgIpc) is 2.90. The summed E-state index contributed by atoms with van der Waals surface area (Å²) in [6.45, 7) is 1.11. The van der Waals surface area contributed by atoms with E-state index in [2.05, 4.69) is 27.3 Å². The largest absolute Gasteiger partial charge is 0.491 e. The van der Waals surface area contributed by atoms with Gasteiger partial charge in [-0.05, 0) is 36.5 Å². The number of rotatable bonds is 2. The molecule has 1 heterocycles. The number of amides is 1. The Balaban J connectivity index is 1.89. The third-order valence-corrected chi connectivity index (χ3v) is 5.30. The molecule has 1 amide bonds. The molecule has 1 aliphatic carbocycles. The fourth-order valence-corrected chi connectivity index (χ4v) is 3.78. The lowest BCUT2D eigenvalue weighted by atomic mass is 9.96. The van der Waals surface area contributed by atoms with E-state index in [0.29, 0.717) is 35.2 Å². The molecule has 1 unspecified atom stereocenters. The number of carbonyl (C=O) groups excluding carboxylic acids is 1. The molecule has 0 saturated heterocycles. The molecule has 1 atom stereocenters. The van der Waals surface area contributed by atoms with Crippen molar-refractivity contribution in [3.8, 4) is 5.75 Å². The van der Waals surface area contributed by atoms with Crippen LogP contribution in [-0.2, 0) is 0 Å². The molecule has 0 aromatic heterocycles. The number of ether oxygens (including phenoxy) is 1. The van der Waals surface area contributed by atoms with Gasteiger partial charge in [0.25, 0.3) is 5.91 Å². The number of alkyl halides is 1. The lowest BCUT2D eigenvalue weighted by molar-refractivity contribution is 0.0957. The van der Waals surface area contributed by atoms with Crippen molar-refractivity contribution in [2.24, 2.45) is 5.92 Å². The molecule has 1 aliphatic heterocycles. The predicted octanol–water partition coefficient (Wildman–Crippen LogP) is 3.44. The van der Waals surface area contributed by atoms with Crippen molar-refractivity contribution in [3.05, 3.63) is 29.3 Å². The first-order chi connectivity index (χ1) is 9.25. The molecule has 1 saturated carbocycles. The van der Waals surface area contributed by atoms with Crippen molar-refractivity contribution in [1.82, 2.24) is 5.32 Å². The van der Waals surface area contributed by atoms with Crippen molar-refractivity contribution >= 4 is 21.8 Å². The second-order valence-electron chi connectivity index (χ2n) is 5.31. The van der Waals surface area contributed by atoms with E-state index in [1.54, 1.807) is 0 Å². The minimum absolute atomic E-state index is 0.0273. The van der Waals surface area contributed by atoms with E-state index in [0.717, 1.165) is 0 Å². The van der Waals surface area contributed by atoms with Gasteiger partial charge in [0, 0.05) is 4.83 Å². The highest BCUT2D eigenvalue weighted by Crippen LogP contribution is 2.42. The van der Waals surface area contributed by atoms with Crippen LogP contribution in [0.4, 0.5) is 0 Å². The van der Waals surface area contributed by atoms with Gasteiger partial charge in [0.15, 0.2) is 0 Å². The third kappa shape index (κ3) is 2.64. The van der Waals surface area contributed by atoms with Crippen LogP contribution < -0.4 is 10.1 Å². The maximum Gasteiger partial charge on any atom is 0.255 e. The van der Waals surface area contributed by atoms with Crippen LogP contribution >= 0.6 is 15.9 Å². The summed E-state index contributed by atoms with van der Waals surface area (Å²) in [6, 6.07) is 5.99. The van der Waals surface area contributed by atoms with Gasteiger partial charge in [-0.15, -0.1) is 0 Å². The zero-order valence-corrected chi connectivity index (χ0v) is 12.4. The van der Waals surface area contributed by atoms with Gasteiger partial charge in [-0.1, -0.05) is 34.8 Å². The van der Waals surface area contributed by atoms with Crippen LogP contribution in [0.15, 0.2) is 18.2 Å². The maximum absolute atomic E-state index is 12.0. The highest BCUT2D eigenvalue weighted by molar-refractivity contribution is 9.09. The minimum Gasteiger partial charge on any atom is -0.491 e. The van der Waals surface area contributed by atoms with E-state index in [-0.39, 0.29) is 5.91 Å². The molecule has 102 valence electrons. The van der Waals surface area contributed by atoms with Crippen molar-refractivity contribution in [2.75, 3.05) is 13.2 Å². The van der Waals surface area contributed by atoms with E-state index < -0.39 is 0 Å². The Morgan fingerprint density at radius 2 is 2.11 bits per heavy atom.